The molecule has 1 amide bonds. The molecular formula is C22H26N4O4S2. The summed E-state index contributed by atoms with van der Waals surface area (Å²) < 4.78 is 24.3. The van der Waals surface area contributed by atoms with Crippen LogP contribution in [-0.2, 0) is 21.4 Å². The first-order valence-corrected chi connectivity index (χ1v) is 12.9. The van der Waals surface area contributed by atoms with Gasteiger partial charge in [-0.25, -0.2) is 18.5 Å². The summed E-state index contributed by atoms with van der Waals surface area (Å²) in [7, 11) is -3.79. The Hall–Kier alpha value is -2.69. The van der Waals surface area contributed by atoms with Gasteiger partial charge in [0.25, 0.3) is 5.56 Å². The van der Waals surface area contributed by atoms with E-state index in [-0.39, 0.29) is 22.1 Å². The third-order valence-corrected chi connectivity index (χ3v) is 6.77. The van der Waals surface area contributed by atoms with Crippen molar-refractivity contribution in [2.45, 2.75) is 49.2 Å². The zero-order chi connectivity index (χ0) is 23.1. The van der Waals surface area contributed by atoms with Crippen LogP contribution in [0, 0.1) is 0 Å². The number of hydrogen-bond acceptors (Lipinski definition) is 6. The Balaban J connectivity index is 1.74. The normalized spacial score (nSPS) is 11.6. The second-order valence-corrected chi connectivity index (χ2v) is 9.84. The molecule has 3 rings (SSSR count). The Morgan fingerprint density at radius 1 is 1.09 bits per heavy atom. The summed E-state index contributed by atoms with van der Waals surface area (Å²) in [4.78, 5) is 30.0. The van der Waals surface area contributed by atoms with Gasteiger partial charge in [0.2, 0.25) is 15.9 Å². The molecule has 0 bridgehead atoms. The third-order valence-electron chi connectivity index (χ3n) is 4.86. The maximum atomic E-state index is 13.0. The van der Waals surface area contributed by atoms with E-state index in [4.69, 9.17) is 5.14 Å². The number of benzene rings is 2. The number of unbranched alkanes of at least 4 members (excludes halogenated alkanes) is 3. The third kappa shape index (κ3) is 6.18. The van der Waals surface area contributed by atoms with Crippen LogP contribution >= 0.6 is 11.8 Å². The fourth-order valence-electron chi connectivity index (χ4n) is 3.21. The lowest BCUT2D eigenvalue weighted by Gasteiger charge is -2.13. The molecule has 0 saturated heterocycles. The highest BCUT2D eigenvalue weighted by atomic mass is 32.2. The minimum atomic E-state index is -3.79. The minimum absolute atomic E-state index is 0.0303. The Morgan fingerprint density at radius 3 is 2.50 bits per heavy atom. The van der Waals surface area contributed by atoms with Crippen LogP contribution in [0.3, 0.4) is 0 Å². The molecule has 0 spiro atoms. The van der Waals surface area contributed by atoms with E-state index in [0.717, 1.165) is 25.7 Å². The lowest BCUT2D eigenvalue weighted by atomic mass is 10.2. The van der Waals surface area contributed by atoms with Crippen LogP contribution in [0.25, 0.3) is 10.9 Å². The summed E-state index contributed by atoms with van der Waals surface area (Å²) in [5.74, 6) is -0.241. The van der Waals surface area contributed by atoms with Gasteiger partial charge >= 0.3 is 0 Å². The van der Waals surface area contributed by atoms with Crippen molar-refractivity contribution in [3.63, 3.8) is 0 Å². The van der Waals surface area contributed by atoms with Crippen LogP contribution in [0.5, 0.6) is 0 Å². The number of sulfonamides is 1. The fraction of sp³-hybridized carbons (Fsp3) is 0.318. The largest absolute Gasteiger partial charge is 0.325 e. The van der Waals surface area contributed by atoms with Gasteiger partial charge in [-0.2, -0.15) is 0 Å². The van der Waals surface area contributed by atoms with Gasteiger partial charge in [0.15, 0.2) is 5.16 Å². The topological polar surface area (TPSA) is 124 Å². The number of carbonyl (C=O) groups is 1. The maximum absolute atomic E-state index is 13.0. The van der Waals surface area contributed by atoms with Crippen LogP contribution in [-0.4, -0.2) is 29.6 Å². The molecule has 10 heteroatoms. The van der Waals surface area contributed by atoms with E-state index in [2.05, 4.69) is 17.2 Å². The fourth-order valence-corrected chi connectivity index (χ4v) is 4.55. The molecule has 0 fully saturated rings. The predicted octanol–water partition coefficient (Wildman–Crippen LogP) is 3.36. The lowest BCUT2D eigenvalue weighted by Crippen LogP contribution is -2.24. The molecule has 1 heterocycles. The number of primary sulfonamides is 1. The van der Waals surface area contributed by atoms with Gasteiger partial charge in [-0.1, -0.05) is 50.1 Å². The Labute approximate surface area is 191 Å². The number of anilines is 1. The molecule has 32 heavy (non-hydrogen) atoms. The highest BCUT2D eigenvalue weighted by Crippen LogP contribution is 2.20. The van der Waals surface area contributed by atoms with E-state index in [9.17, 15) is 18.0 Å². The van der Waals surface area contributed by atoms with Gasteiger partial charge in [-0.05, 0) is 42.8 Å². The van der Waals surface area contributed by atoms with E-state index in [1.807, 2.05) is 12.1 Å². The number of rotatable bonds is 10. The molecule has 3 aromatic rings. The zero-order valence-electron chi connectivity index (χ0n) is 17.8. The monoisotopic (exact) mass is 474 g/mol. The number of nitrogens with zero attached hydrogens (tertiary/aromatic N) is 2. The predicted molar refractivity (Wildman–Crippen MR) is 127 cm³/mol. The van der Waals surface area contributed by atoms with Gasteiger partial charge in [0.05, 0.1) is 21.6 Å². The van der Waals surface area contributed by atoms with Gasteiger partial charge < -0.3 is 5.32 Å². The maximum Gasteiger partial charge on any atom is 0.262 e. The molecule has 0 atom stereocenters. The first-order valence-electron chi connectivity index (χ1n) is 10.3. The van der Waals surface area contributed by atoms with Crippen molar-refractivity contribution < 1.29 is 13.2 Å². The molecule has 0 saturated carbocycles. The SMILES string of the molecule is CCCCCCn1c(SCC(=O)Nc2ccc(S(N)(=O)=O)cc2)nc2ccccc2c1=O. The lowest BCUT2D eigenvalue weighted by molar-refractivity contribution is -0.113. The molecule has 2 aromatic carbocycles. The molecule has 3 N–H and O–H groups in total. The molecule has 0 aliphatic rings. The highest BCUT2D eigenvalue weighted by molar-refractivity contribution is 7.99. The van der Waals surface area contributed by atoms with E-state index in [1.165, 1.54) is 36.0 Å². The van der Waals surface area contributed by atoms with Crippen molar-refractivity contribution in [3.05, 3.63) is 58.9 Å². The Morgan fingerprint density at radius 2 is 1.81 bits per heavy atom. The van der Waals surface area contributed by atoms with Crippen molar-refractivity contribution in [1.29, 1.82) is 0 Å². The summed E-state index contributed by atoms with van der Waals surface area (Å²) in [5, 5.41) is 8.86. The standard InChI is InChI=1S/C22H26N4O4S2/c1-2-3-4-7-14-26-21(28)18-8-5-6-9-19(18)25-22(26)31-15-20(27)24-16-10-12-17(13-11-16)32(23,29)30/h5-6,8-13H,2-4,7,14-15H2,1H3,(H,24,27)(H2,23,29,30). The summed E-state index contributed by atoms with van der Waals surface area (Å²) >= 11 is 1.20. The van der Waals surface area contributed by atoms with Crippen molar-refractivity contribution >= 4 is 44.3 Å². The molecule has 170 valence electrons. The number of aromatic nitrogens is 2. The van der Waals surface area contributed by atoms with Gasteiger partial charge in [0, 0.05) is 12.2 Å². The first-order chi connectivity index (χ1) is 15.3. The number of fused-ring (bicyclic) bond motifs is 1. The zero-order valence-corrected chi connectivity index (χ0v) is 19.4. The Kier molecular flexibility index (Phi) is 8.05. The van der Waals surface area contributed by atoms with E-state index in [0.29, 0.717) is 28.3 Å². The molecule has 8 nitrogen and oxygen atoms in total. The van der Waals surface area contributed by atoms with Crippen molar-refractivity contribution in [1.82, 2.24) is 9.55 Å². The minimum Gasteiger partial charge on any atom is -0.325 e. The number of carbonyl (C=O) groups excluding carboxylic acids is 1. The average Bonchev–Trinajstić information content (AvgIpc) is 2.76. The molecule has 0 unspecified atom stereocenters. The number of amides is 1. The number of thioether (sulfide) groups is 1. The van der Waals surface area contributed by atoms with Crippen LogP contribution in [0.15, 0.2) is 63.4 Å². The summed E-state index contributed by atoms with van der Waals surface area (Å²) in [6.07, 6.45) is 4.09. The summed E-state index contributed by atoms with van der Waals surface area (Å²) in [5.41, 5.74) is 0.948. The van der Waals surface area contributed by atoms with Gasteiger partial charge in [0.1, 0.15) is 0 Å². The molecule has 0 radical (unpaired) electrons. The Bertz CT molecular complexity index is 1260. The summed E-state index contributed by atoms with van der Waals surface area (Å²) in [6, 6.07) is 12.8. The number of hydrogen-bond donors (Lipinski definition) is 2. The average molecular weight is 475 g/mol. The second-order valence-electron chi connectivity index (χ2n) is 7.34. The van der Waals surface area contributed by atoms with E-state index in [1.54, 1.807) is 16.7 Å². The van der Waals surface area contributed by atoms with E-state index >= 15 is 0 Å². The first kappa shape index (κ1) is 24.0. The molecule has 0 aliphatic carbocycles. The van der Waals surface area contributed by atoms with Crippen LogP contribution in [0.2, 0.25) is 0 Å². The quantitative estimate of drug-likeness (QED) is 0.264. The number of nitrogens with two attached hydrogens (primary N) is 1. The van der Waals surface area contributed by atoms with Crippen LogP contribution < -0.4 is 16.0 Å². The van der Waals surface area contributed by atoms with Crippen molar-refractivity contribution in [3.8, 4) is 0 Å². The highest BCUT2D eigenvalue weighted by Gasteiger charge is 2.14. The molecule has 0 aliphatic heterocycles. The van der Waals surface area contributed by atoms with Crippen molar-refractivity contribution in [2.24, 2.45) is 5.14 Å². The summed E-state index contributed by atoms with van der Waals surface area (Å²) in [6.45, 7) is 2.68. The van der Waals surface area contributed by atoms with Crippen LogP contribution in [0.1, 0.15) is 32.6 Å². The smallest absolute Gasteiger partial charge is 0.262 e. The van der Waals surface area contributed by atoms with Crippen LogP contribution in [0.4, 0.5) is 5.69 Å². The molecular weight excluding hydrogens is 448 g/mol. The van der Waals surface area contributed by atoms with E-state index < -0.39 is 10.0 Å². The number of para-hydroxylation sites is 1. The molecule has 1 aromatic heterocycles. The van der Waals surface area contributed by atoms with Gasteiger partial charge in [-0.3, -0.25) is 14.2 Å². The number of nitrogens with one attached hydrogen (secondary N) is 1. The van der Waals surface area contributed by atoms with Gasteiger partial charge in [-0.15, -0.1) is 0 Å². The second kappa shape index (κ2) is 10.8. The van der Waals surface area contributed by atoms with Crippen molar-refractivity contribution in [2.75, 3.05) is 11.1 Å².